The van der Waals surface area contributed by atoms with Crippen LogP contribution in [0.4, 0.5) is 0 Å². The third-order valence-electron chi connectivity index (χ3n) is 4.96. The molecule has 0 aliphatic carbocycles. The first-order valence-electron chi connectivity index (χ1n) is 9.52. The summed E-state index contributed by atoms with van der Waals surface area (Å²) in [5.41, 5.74) is 2.91. The molecule has 30 heavy (non-hydrogen) atoms. The standard InChI is InChI=1S/C23H22N2O4S/c1-25(2)11-12-29-23(27)15-6-4-14(5-7-15)19-18(28-3)9-8-17-20(19)16-10-13-30-21(16)22(26)24-17/h4-10,13H,11-12H2,1-3H3,(H,24,26). The van der Waals surface area contributed by atoms with Gasteiger partial charge in [-0.1, -0.05) is 12.1 Å². The number of nitrogens with zero attached hydrogens (tertiary/aromatic N) is 1. The van der Waals surface area contributed by atoms with Crippen molar-refractivity contribution in [2.45, 2.75) is 0 Å². The first-order chi connectivity index (χ1) is 14.5. The van der Waals surface area contributed by atoms with Gasteiger partial charge in [0.1, 0.15) is 17.1 Å². The minimum absolute atomic E-state index is 0.0977. The maximum atomic E-state index is 12.4. The summed E-state index contributed by atoms with van der Waals surface area (Å²) in [6.45, 7) is 1.01. The second-order valence-electron chi connectivity index (χ2n) is 7.20. The number of rotatable bonds is 6. The Balaban J connectivity index is 1.78. The van der Waals surface area contributed by atoms with Crippen molar-refractivity contribution >= 4 is 38.3 Å². The molecule has 0 unspecified atom stereocenters. The summed E-state index contributed by atoms with van der Waals surface area (Å²) >= 11 is 1.41. The fourth-order valence-electron chi connectivity index (χ4n) is 3.46. The number of carbonyl (C=O) groups excluding carboxylic acids is 1. The number of fused-ring (bicyclic) bond motifs is 3. The van der Waals surface area contributed by atoms with Gasteiger partial charge in [0.05, 0.1) is 12.7 Å². The van der Waals surface area contributed by atoms with Crippen LogP contribution in [0, 0.1) is 0 Å². The molecule has 6 nitrogen and oxygen atoms in total. The SMILES string of the molecule is COc1ccc2[nH]c(=O)c3sccc3c2c1-c1ccc(C(=O)OCCN(C)C)cc1. The average Bonchev–Trinajstić information content (AvgIpc) is 3.23. The van der Waals surface area contributed by atoms with E-state index in [1.165, 1.54) is 11.3 Å². The van der Waals surface area contributed by atoms with Crippen LogP contribution in [0.3, 0.4) is 0 Å². The number of ether oxygens (including phenoxy) is 2. The van der Waals surface area contributed by atoms with Gasteiger partial charge in [0.25, 0.3) is 5.56 Å². The Morgan fingerprint density at radius 3 is 2.57 bits per heavy atom. The zero-order chi connectivity index (χ0) is 21.3. The number of pyridine rings is 1. The van der Waals surface area contributed by atoms with E-state index in [0.717, 1.165) is 27.4 Å². The van der Waals surface area contributed by atoms with E-state index in [-0.39, 0.29) is 11.5 Å². The first kappa shape index (κ1) is 20.1. The molecule has 0 saturated carbocycles. The Morgan fingerprint density at radius 2 is 1.87 bits per heavy atom. The molecule has 0 aliphatic rings. The molecule has 2 heterocycles. The Hall–Kier alpha value is -3.16. The van der Waals surface area contributed by atoms with Crippen LogP contribution in [-0.2, 0) is 4.74 Å². The van der Waals surface area contributed by atoms with Gasteiger partial charge < -0.3 is 19.4 Å². The van der Waals surface area contributed by atoms with Crippen molar-refractivity contribution in [3.63, 3.8) is 0 Å². The maximum absolute atomic E-state index is 12.4. The molecular weight excluding hydrogens is 400 g/mol. The summed E-state index contributed by atoms with van der Waals surface area (Å²) in [7, 11) is 5.48. The summed E-state index contributed by atoms with van der Waals surface area (Å²) in [6.07, 6.45) is 0. The zero-order valence-electron chi connectivity index (χ0n) is 17.0. The van der Waals surface area contributed by atoms with Gasteiger partial charge in [0.15, 0.2) is 0 Å². The van der Waals surface area contributed by atoms with Gasteiger partial charge in [0.2, 0.25) is 0 Å². The fourth-order valence-corrected chi connectivity index (χ4v) is 4.26. The van der Waals surface area contributed by atoms with E-state index in [4.69, 9.17) is 9.47 Å². The lowest BCUT2D eigenvalue weighted by Crippen LogP contribution is -2.20. The molecule has 154 valence electrons. The minimum Gasteiger partial charge on any atom is -0.496 e. The minimum atomic E-state index is -0.349. The fraction of sp³-hybridized carbons (Fsp3) is 0.217. The van der Waals surface area contributed by atoms with Crippen LogP contribution in [0.15, 0.2) is 52.6 Å². The van der Waals surface area contributed by atoms with Crippen molar-refractivity contribution in [1.29, 1.82) is 0 Å². The summed E-state index contributed by atoms with van der Waals surface area (Å²) in [4.78, 5) is 29.6. The van der Waals surface area contributed by atoms with Gasteiger partial charge >= 0.3 is 5.97 Å². The van der Waals surface area contributed by atoms with E-state index in [1.54, 1.807) is 19.2 Å². The highest BCUT2D eigenvalue weighted by Gasteiger charge is 2.17. The highest BCUT2D eigenvalue weighted by atomic mass is 32.1. The molecule has 2 aromatic carbocycles. The predicted molar refractivity (Wildman–Crippen MR) is 121 cm³/mol. The number of hydrogen-bond donors (Lipinski definition) is 1. The Kier molecular flexibility index (Phi) is 5.57. The molecule has 2 aromatic heterocycles. The Bertz CT molecular complexity index is 1270. The zero-order valence-corrected chi connectivity index (χ0v) is 17.8. The van der Waals surface area contributed by atoms with E-state index in [9.17, 15) is 9.59 Å². The van der Waals surface area contributed by atoms with Crippen LogP contribution in [0.25, 0.3) is 32.1 Å². The average molecular weight is 423 g/mol. The first-order valence-corrected chi connectivity index (χ1v) is 10.4. The van der Waals surface area contributed by atoms with E-state index in [0.29, 0.717) is 29.2 Å². The number of H-pyrrole nitrogens is 1. The van der Waals surface area contributed by atoms with Gasteiger partial charge in [0, 0.05) is 28.4 Å². The number of likely N-dealkylation sites (N-methyl/N-ethyl adjacent to an activating group) is 1. The molecule has 0 spiro atoms. The van der Waals surface area contributed by atoms with Crippen LogP contribution < -0.4 is 10.3 Å². The predicted octanol–water partition coefficient (Wildman–Crippen LogP) is 4.14. The maximum Gasteiger partial charge on any atom is 0.338 e. The molecule has 1 N–H and O–H groups in total. The molecule has 0 atom stereocenters. The number of thiophene rings is 1. The topological polar surface area (TPSA) is 71.6 Å². The normalized spacial score (nSPS) is 11.3. The highest BCUT2D eigenvalue weighted by Crippen LogP contribution is 2.40. The molecule has 4 aromatic rings. The summed E-state index contributed by atoms with van der Waals surface area (Å²) in [5.74, 6) is 0.348. The molecule has 4 rings (SSSR count). The third kappa shape index (κ3) is 3.69. The van der Waals surface area contributed by atoms with Crippen molar-refractivity contribution in [2.75, 3.05) is 34.4 Å². The van der Waals surface area contributed by atoms with Crippen molar-refractivity contribution < 1.29 is 14.3 Å². The van der Waals surface area contributed by atoms with Crippen LogP contribution in [0.1, 0.15) is 10.4 Å². The number of benzene rings is 2. The number of carbonyl (C=O) groups is 1. The summed E-state index contributed by atoms with van der Waals surface area (Å²) < 4.78 is 11.6. The van der Waals surface area contributed by atoms with Crippen molar-refractivity contribution in [1.82, 2.24) is 9.88 Å². The largest absolute Gasteiger partial charge is 0.496 e. The lowest BCUT2D eigenvalue weighted by Gasteiger charge is -2.14. The molecule has 0 fully saturated rings. The molecule has 0 bridgehead atoms. The van der Waals surface area contributed by atoms with Crippen LogP contribution >= 0.6 is 11.3 Å². The third-order valence-corrected chi connectivity index (χ3v) is 5.87. The second-order valence-corrected chi connectivity index (χ2v) is 8.12. The van der Waals surface area contributed by atoms with E-state index in [1.807, 2.05) is 54.7 Å². The number of aromatic amines is 1. The van der Waals surface area contributed by atoms with Gasteiger partial charge in [-0.15, -0.1) is 11.3 Å². The molecule has 0 radical (unpaired) electrons. The van der Waals surface area contributed by atoms with E-state index >= 15 is 0 Å². The van der Waals surface area contributed by atoms with Crippen molar-refractivity contribution in [3.05, 3.63) is 63.8 Å². The van der Waals surface area contributed by atoms with Gasteiger partial charge in [-0.05, 0) is 55.4 Å². The van der Waals surface area contributed by atoms with Crippen molar-refractivity contribution in [2.24, 2.45) is 0 Å². The lowest BCUT2D eigenvalue weighted by molar-refractivity contribution is 0.0482. The molecule has 0 saturated heterocycles. The quantitative estimate of drug-likeness (QED) is 0.473. The lowest BCUT2D eigenvalue weighted by atomic mass is 9.96. The summed E-state index contributed by atoms with van der Waals surface area (Å²) in [5, 5.41) is 3.72. The molecule has 0 aliphatic heterocycles. The molecule has 0 amide bonds. The monoisotopic (exact) mass is 422 g/mol. The number of nitrogens with one attached hydrogen (secondary N) is 1. The van der Waals surface area contributed by atoms with E-state index in [2.05, 4.69) is 4.98 Å². The number of methoxy groups -OCH3 is 1. The highest BCUT2D eigenvalue weighted by molar-refractivity contribution is 7.17. The van der Waals surface area contributed by atoms with Crippen LogP contribution in [-0.4, -0.2) is 50.2 Å². The Morgan fingerprint density at radius 1 is 1.10 bits per heavy atom. The number of aromatic nitrogens is 1. The van der Waals surface area contributed by atoms with Gasteiger partial charge in [-0.2, -0.15) is 0 Å². The summed E-state index contributed by atoms with van der Waals surface area (Å²) in [6, 6.07) is 12.9. The van der Waals surface area contributed by atoms with Crippen LogP contribution in [0.2, 0.25) is 0 Å². The number of hydrogen-bond acceptors (Lipinski definition) is 6. The Labute approximate surface area is 177 Å². The van der Waals surface area contributed by atoms with Crippen LogP contribution in [0.5, 0.6) is 5.75 Å². The van der Waals surface area contributed by atoms with Gasteiger partial charge in [-0.25, -0.2) is 4.79 Å². The van der Waals surface area contributed by atoms with Gasteiger partial charge in [-0.3, -0.25) is 4.79 Å². The second kappa shape index (κ2) is 8.30. The van der Waals surface area contributed by atoms with Crippen molar-refractivity contribution in [3.8, 4) is 16.9 Å². The molecular formula is C23H22N2O4S. The molecule has 7 heteroatoms. The smallest absolute Gasteiger partial charge is 0.338 e. The number of esters is 1. The van der Waals surface area contributed by atoms with E-state index < -0.39 is 0 Å².